The van der Waals surface area contributed by atoms with Gasteiger partial charge in [-0.2, -0.15) is 11.3 Å². The zero-order valence-corrected chi connectivity index (χ0v) is 31.0. The van der Waals surface area contributed by atoms with Gasteiger partial charge in [-0.25, -0.2) is 14.7 Å². The quantitative estimate of drug-likeness (QED) is 0.268. The zero-order chi connectivity index (χ0) is 33.1. The number of ether oxygens (including phenoxy) is 2. The fourth-order valence-electron chi connectivity index (χ4n) is 6.21. The van der Waals surface area contributed by atoms with Crippen molar-refractivity contribution in [2.75, 3.05) is 13.2 Å². The van der Waals surface area contributed by atoms with Crippen molar-refractivity contribution in [1.82, 2.24) is 25.3 Å². The molecule has 2 aliphatic heterocycles. The minimum Gasteiger partial charge on any atom is -0.464 e. The molecule has 1 saturated heterocycles. The standard InChI is InChI=1S/C33H42N5O7S.Y/c1-5-44-30(42)33-18-22(33)11-9-7-6-8-10-12-25(35-31(43)45-32(2,3)4)29(41)37-19-23(17-26(37)27(39)36-33)38-28(40)24(13-15-34-38)21-14-16-46-20-21;/h9,11,14-16,20,22-23,25-26H,5-8,10,12,17-19H2,1-4H3,(H,35,43)(H,36,39);/q-1;/b11-9-;/t22-,23-,25+,26+,33-;/m1./s1. The molecule has 2 aromatic rings. The summed E-state index contributed by atoms with van der Waals surface area (Å²) in [7, 11) is 0. The third-order valence-corrected chi connectivity index (χ3v) is 9.24. The van der Waals surface area contributed by atoms with Crippen LogP contribution < -0.4 is 16.2 Å². The molecular formula is C33H42N5O7SY-. The molecule has 0 unspecified atom stereocenters. The number of thiophene rings is 1. The van der Waals surface area contributed by atoms with Crippen molar-refractivity contribution in [1.29, 1.82) is 0 Å². The third kappa shape index (κ3) is 8.58. The van der Waals surface area contributed by atoms with E-state index >= 15 is 0 Å². The molecule has 251 valence electrons. The predicted molar refractivity (Wildman–Crippen MR) is 171 cm³/mol. The van der Waals surface area contributed by atoms with E-state index in [1.165, 1.54) is 27.1 Å². The van der Waals surface area contributed by atoms with E-state index in [4.69, 9.17) is 9.47 Å². The molecule has 4 heterocycles. The van der Waals surface area contributed by atoms with Gasteiger partial charge in [-0.3, -0.25) is 14.3 Å². The summed E-state index contributed by atoms with van der Waals surface area (Å²) in [5, 5.41) is 13.7. The molecule has 12 nitrogen and oxygen atoms in total. The van der Waals surface area contributed by atoms with Gasteiger partial charge in [-0.05, 0) is 71.4 Å². The Morgan fingerprint density at radius 1 is 1.21 bits per heavy atom. The summed E-state index contributed by atoms with van der Waals surface area (Å²) in [6.07, 6.45) is 8.57. The number of hydrogen-bond acceptors (Lipinski definition) is 9. The summed E-state index contributed by atoms with van der Waals surface area (Å²) in [5.74, 6) is -1.74. The van der Waals surface area contributed by atoms with Crippen LogP contribution in [0.25, 0.3) is 11.1 Å². The molecule has 0 spiro atoms. The number of carbonyl (C=O) groups excluding carboxylic acids is 4. The Morgan fingerprint density at radius 2 is 2.00 bits per heavy atom. The van der Waals surface area contributed by atoms with E-state index in [-0.39, 0.29) is 63.8 Å². The number of amides is 3. The van der Waals surface area contributed by atoms with Crippen molar-refractivity contribution in [3.05, 3.63) is 51.6 Å². The number of aromatic nitrogens is 2. The first kappa shape index (κ1) is 36.9. The zero-order valence-electron chi connectivity index (χ0n) is 27.3. The number of hydrogen-bond donors (Lipinski definition) is 2. The molecule has 5 atom stereocenters. The van der Waals surface area contributed by atoms with Crippen LogP contribution in [0.1, 0.15) is 78.7 Å². The number of nitrogens with one attached hydrogen (secondary N) is 2. The Labute approximate surface area is 303 Å². The van der Waals surface area contributed by atoms with Crippen molar-refractivity contribution in [3.63, 3.8) is 0 Å². The summed E-state index contributed by atoms with van der Waals surface area (Å²) >= 11 is 1.45. The van der Waals surface area contributed by atoms with Crippen molar-refractivity contribution >= 4 is 35.2 Å². The smallest absolute Gasteiger partial charge is 0.408 e. The average Bonchev–Trinajstić information content (AvgIpc) is 3.31. The van der Waals surface area contributed by atoms with Crippen LogP contribution in [0, 0.1) is 12.0 Å². The van der Waals surface area contributed by atoms with Gasteiger partial charge in [0.05, 0.1) is 12.6 Å². The SMILES string of the molecule is CCOC(=O)[C@@]12C[C@H]1/C=C\CCCCC[C@H](NC(=O)OC(C)(C)C)C(=O)N1C[C@H](n3nc[c-]c(-c4ccsc4)c3=O)C[C@H]1C(=O)N2.[Y]. The molecule has 2 aromatic heterocycles. The average molecular weight is 742 g/mol. The molecule has 2 fully saturated rings. The molecule has 2 N–H and O–H groups in total. The Kier molecular flexibility index (Phi) is 12.2. The molecular weight excluding hydrogens is 699 g/mol. The summed E-state index contributed by atoms with van der Waals surface area (Å²) in [6, 6.07) is 2.09. The maximum Gasteiger partial charge on any atom is 0.408 e. The van der Waals surface area contributed by atoms with E-state index < -0.39 is 53.1 Å². The first-order chi connectivity index (χ1) is 21.9. The number of carbonyl (C=O) groups is 4. The Bertz CT molecular complexity index is 1540. The van der Waals surface area contributed by atoms with Crippen molar-refractivity contribution < 1.29 is 61.4 Å². The van der Waals surface area contributed by atoms with E-state index in [9.17, 15) is 24.0 Å². The molecule has 0 bridgehead atoms. The molecule has 14 heteroatoms. The summed E-state index contributed by atoms with van der Waals surface area (Å²) in [4.78, 5) is 69.4. The van der Waals surface area contributed by atoms with Crippen molar-refractivity contribution in [2.24, 2.45) is 5.92 Å². The van der Waals surface area contributed by atoms with E-state index in [1.807, 2.05) is 29.0 Å². The molecule has 3 aliphatic rings. The minimum atomic E-state index is -1.23. The maximum atomic E-state index is 14.3. The normalized spacial score (nSPS) is 27.1. The van der Waals surface area contributed by atoms with Crippen LogP contribution in [0.4, 0.5) is 4.79 Å². The maximum absolute atomic E-state index is 14.3. The Hall–Kier alpha value is -2.90. The number of fused-ring (bicyclic) bond motifs is 2. The van der Waals surface area contributed by atoms with Gasteiger partial charge in [0.2, 0.25) is 11.8 Å². The second-order valence-electron chi connectivity index (χ2n) is 13.1. The van der Waals surface area contributed by atoms with Crippen LogP contribution in [-0.2, 0) is 56.6 Å². The van der Waals surface area contributed by atoms with Crippen LogP contribution >= 0.6 is 11.3 Å². The van der Waals surface area contributed by atoms with Gasteiger partial charge in [0.15, 0.2) is 5.56 Å². The van der Waals surface area contributed by atoms with Gasteiger partial charge in [0.25, 0.3) is 0 Å². The van der Waals surface area contributed by atoms with Crippen LogP contribution in [0.5, 0.6) is 0 Å². The van der Waals surface area contributed by atoms with Crippen molar-refractivity contribution in [2.45, 2.75) is 102 Å². The second kappa shape index (κ2) is 15.5. The predicted octanol–water partition coefficient (Wildman–Crippen LogP) is 3.76. The van der Waals surface area contributed by atoms with Gasteiger partial charge >= 0.3 is 12.1 Å². The molecule has 47 heavy (non-hydrogen) atoms. The minimum absolute atomic E-state index is 0. The fourth-order valence-corrected chi connectivity index (χ4v) is 6.86. The van der Waals surface area contributed by atoms with E-state index in [0.29, 0.717) is 30.4 Å². The molecule has 5 rings (SSSR count). The van der Waals surface area contributed by atoms with Crippen LogP contribution in [0.3, 0.4) is 0 Å². The molecule has 3 amide bonds. The van der Waals surface area contributed by atoms with E-state index in [2.05, 4.69) is 21.8 Å². The fraction of sp³-hybridized carbons (Fsp3) is 0.576. The van der Waals surface area contributed by atoms with E-state index in [0.717, 1.165) is 19.3 Å². The van der Waals surface area contributed by atoms with Crippen LogP contribution in [-0.4, -0.2) is 74.9 Å². The third-order valence-electron chi connectivity index (χ3n) is 8.56. The van der Waals surface area contributed by atoms with Gasteiger partial charge < -0.3 is 29.8 Å². The molecule has 0 aromatic carbocycles. The Balaban J connectivity index is 0.00000500. The number of esters is 1. The van der Waals surface area contributed by atoms with E-state index in [1.54, 1.807) is 27.7 Å². The molecule has 1 aliphatic carbocycles. The molecule has 1 saturated carbocycles. The van der Waals surface area contributed by atoms with Crippen LogP contribution in [0.15, 0.2) is 40.0 Å². The van der Waals surface area contributed by atoms with Gasteiger partial charge in [-0.15, -0.1) is 17.2 Å². The summed E-state index contributed by atoms with van der Waals surface area (Å²) in [5.41, 5.74) is -1.35. The monoisotopic (exact) mass is 741 g/mol. The number of allylic oxidation sites excluding steroid dienone is 1. The topological polar surface area (TPSA) is 149 Å². The van der Waals surface area contributed by atoms with Gasteiger partial charge in [-0.1, -0.05) is 36.4 Å². The second-order valence-corrected chi connectivity index (χ2v) is 13.9. The van der Waals surface area contributed by atoms with Gasteiger partial charge in [0, 0.05) is 45.2 Å². The largest absolute Gasteiger partial charge is 0.464 e. The first-order valence-electron chi connectivity index (χ1n) is 15.9. The summed E-state index contributed by atoms with van der Waals surface area (Å²) in [6.45, 7) is 7.08. The Morgan fingerprint density at radius 3 is 2.70 bits per heavy atom. The number of nitrogens with zero attached hydrogens (tertiary/aromatic N) is 3. The van der Waals surface area contributed by atoms with Gasteiger partial charge in [0.1, 0.15) is 23.2 Å². The van der Waals surface area contributed by atoms with Crippen LogP contribution in [0.2, 0.25) is 0 Å². The number of rotatable bonds is 5. The van der Waals surface area contributed by atoms with Crippen molar-refractivity contribution in [3.8, 4) is 11.1 Å². The summed E-state index contributed by atoms with van der Waals surface area (Å²) < 4.78 is 12.1. The number of alkyl carbamates (subject to hydrolysis) is 1. The first-order valence-corrected chi connectivity index (χ1v) is 16.9. The molecule has 1 radical (unpaired) electrons.